The molecule has 0 radical (unpaired) electrons. The van der Waals surface area contributed by atoms with Crippen LogP contribution in [0.15, 0.2) is 27.8 Å². The summed E-state index contributed by atoms with van der Waals surface area (Å²) in [6.45, 7) is 5.94. The van der Waals surface area contributed by atoms with Gasteiger partial charge < -0.3 is 10.6 Å². The number of halogens is 1. The van der Waals surface area contributed by atoms with Gasteiger partial charge in [-0.05, 0) is 37.5 Å². The van der Waals surface area contributed by atoms with Gasteiger partial charge in [-0.2, -0.15) is 0 Å². The molecule has 0 fully saturated rings. The van der Waals surface area contributed by atoms with Crippen LogP contribution < -0.4 is 21.9 Å². The Morgan fingerprint density at radius 2 is 1.96 bits per heavy atom. The lowest BCUT2D eigenvalue weighted by Gasteiger charge is -2.24. The van der Waals surface area contributed by atoms with Crippen LogP contribution in [0, 0.1) is 12.7 Å². The van der Waals surface area contributed by atoms with Crippen molar-refractivity contribution in [1.29, 1.82) is 0 Å². The summed E-state index contributed by atoms with van der Waals surface area (Å²) >= 11 is 0. The zero-order valence-electron chi connectivity index (χ0n) is 15.8. The second-order valence-electron chi connectivity index (χ2n) is 6.42. The van der Waals surface area contributed by atoms with E-state index in [0.29, 0.717) is 24.9 Å². The summed E-state index contributed by atoms with van der Waals surface area (Å²) in [4.78, 5) is 41.0. The van der Waals surface area contributed by atoms with Gasteiger partial charge in [0.1, 0.15) is 11.6 Å². The van der Waals surface area contributed by atoms with Crippen LogP contribution in [0.25, 0.3) is 0 Å². The third kappa shape index (κ3) is 4.27. The van der Waals surface area contributed by atoms with Crippen molar-refractivity contribution in [2.45, 2.75) is 46.6 Å². The second kappa shape index (κ2) is 8.66. The smallest absolute Gasteiger partial charge is 0.330 e. The Labute approximate surface area is 156 Å². The summed E-state index contributed by atoms with van der Waals surface area (Å²) < 4.78 is 15.2. The molecule has 146 valence electrons. The van der Waals surface area contributed by atoms with Crippen molar-refractivity contribution in [3.05, 3.63) is 56.0 Å². The number of aryl methyl sites for hydroxylation is 1. The van der Waals surface area contributed by atoms with Gasteiger partial charge in [0.2, 0.25) is 0 Å². The molecular formula is C19H25FN4O3. The Hall–Kier alpha value is -2.90. The van der Waals surface area contributed by atoms with E-state index in [0.717, 1.165) is 12.5 Å². The lowest BCUT2D eigenvalue weighted by Crippen LogP contribution is -2.41. The average Bonchev–Trinajstić information content (AvgIpc) is 2.63. The van der Waals surface area contributed by atoms with Crippen molar-refractivity contribution < 1.29 is 9.18 Å². The van der Waals surface area contributed by atoms with Crippen LogP contribution in [-0.2, 0) is 6.54 Å². The van der Waals surface area contributed by atoms with E-state index in [-0.39, 0.29) is 23.6 Å². The fourth-order valence-corrected chi connectivity index (χ4v) is 2.80. The molecule has 1 amide bonds. The molecule has 0 aliphatic heterocycles. The van der Waals surface area contributed by atoms with E-state index < -0.39 is 23.0 Å². The molecule has 0 bridgehead atoms. The van der Waals surface area contributed by atoms with Crippen LogP contribution in [0.5, 0.6) is 0 Å². The van der Waals surface area contributed by atoms with Gasteiger partial charge in [-0.25, -0.2) is 9.18 Å². The number of anilines is 2. The van der Waals surface area contributed by atoms with E-state index in [1.807, 2.05) is 13.8 Å². The molecule has 3 N–H and O–H groups in total. The highest BCUT2D eigenvalue weighted by molar-refractivity contribution is 6.07. The summed E-state index contributed by atoms with van der Waals surface area (Å²) in [5, 5.41) is 0. The van der Waals surface area contributed by atoms with Crippen molar-refractivity contribution in [1.82, 2.24) is 9.55 Å². The number of hydrogen-bond donors (Lipinski definition) is 2. The lowest BCUT2D eigenvalue weighted by molar-refractivity contribution is 0.0985. The quantitative estimate of drug-likeness (QED) is 0.775. The second-order valence-corrected chi connectivity index (χ2v) is 6.42. The number of hydrogen-bond acceptors (Lipinski definition) is 4. The minimum absolute atomic E-state index is 0.0670. The predicted octanol–water partition coefficient (Wildman–Crippen LogP) is 2.42. The molecule has 1 aromatic heterocycles. The Balaban J connectivity index is 2.61. The molecule has 0 aliphatic carbocycles. The highest BCUT2D eigenvalue weighted by atomic mass is 19.1. The molecule has 0 unspecified atom stereocenters. The number of H-pyrrole nitrogens is 1. The number of nitrogens with one attached hydrogen (secondary N) is 1. The van der Waals surface area contributed by atoms with Gasteiger partial charge in [0.25, 0.3) is 11.5 Å². The fraction of sp³-hybridized carbons (Fsp3) is 0.421. The number of carbonyl (C=O) groups is 1. The molecule has 0 spiro atoms. The van der Waals surface area contributed by atoms with Crippen molar-refractivity contribution in [3.8, 4) is 0 Å². The third-order valence-electron chi connectivity index (χ3n) is 4.33. The van der Waals surface area contributed by atoms with E-state index in [2.05, 4.69) is 4.98 Å². The van der Waals surface area contributed by atoms with Gasteiger partial charge in [0, 0.05) is 18.7 Å². The number of nitrogens with two attached hydrogens (primary N) is 1. The van der Waals surface area contributed by atoms with Crippen LogP contribution in [-0.4, -0.2) is 22.0 Å². The normalized spacial score (nSPS) is 10.8. The van der Waals surface area contributed by atoms with Gasteiger partial charge in [-0.15, -0.1) is 0 Å². The number of nitrogen functional groups attached to an aromatic ring is 1. The maximum atomic E-state index is 13.9. The molecule has 0 aliphatic rings. The fourth-order valence-electron chi connectivity index (χ4n) is 2.80. The molecule has 0 atom stereocenters. The molecule has 7 nitrogen and oxygen atoms in total. The van der Waals surface area contributed by atoms with E-state index in [1.54, 1.807) is 6.92 Å². The number of rotatable bonds is 7. The van der Waals surface area contributed by atoms with E-state index in [9.17, 15) is 18.8 Å². The van der Waals surface area contributed by atoms with E-state index in [4.69, 9.17) is 5.73 Å². The Bertz CT molecular complexity index is 949. The van der Waals surface area contributed by atoms with Gasteiger partial charge in [0.15, 0.2) is 5.69 Å². The molecule has 2 rings (SSSR count). The lowest BCUT2D eigenvalue weighted by atomic mass is 10.1. The van der Waals surface area contributed by atoms with Crippen LogP contribution in [0.1, 0.15) is 49.0 Å². The van der Waals surface area contributed by atoms with Gasteiger partial charge in [0.05, 0.1) is 0 Å². The summed E-state index contributed by atoms with van der Waals surface area (Å²) in [5.41, 5.74) is 5.18. The largest absolute Gasteiger partial charge is 0.383 e. The molecular weight excluding hydrogens is 351 g/mol. The summed E-state index contributed by atoms with van der Waals surface area (Å²) in [6, 6.07) is 4.15. The number of amides is 1. The maximum absolute atomic E-state index is 13.9. The summed E-state index contributed by atoms with van der Waals surface area (Å²) in [6.07, 6.45) is 2.02. The minimum Gasteiger partial charge on any atom is -0.383 e. The van der Waals surface area contributed by atoms with Crippen molar-refractivity contribution in [3.63, 3.8) is 0 Å². The Kier molecular flexibility index (Phi) is 6.55. The first-order chi connectivity index (χ1) is 12.8. The molecule has 8 heteroatoms. The molecule has 2 aromatic rings. The van der Waals surface area contributed by atoms with Gasteiger partial charge in [-0.1, -0.05) is 26.3 Å². The van der Waals surface area contributed by atoms with Gasteiger partial charge >= 0.3 is 5.69 Å². The molecule has 1 aromatic carbocycles. The molecule has 1 heterocycles. The van der Waals surface area contributed by atoms with Crippen molar-refractivity contribution in [2.24, 2.45) is 0 Å². The number of unbranched alkanes of at least 4 members (excludes halogenated alkanes) is 1. The molecule has 0 saturated carbocycles. The van der Waals surface area contributed by atoms with Crippen molar-refractivity contribution in [2.75, 3.05) is 17.2 Å². The Morgan fingerprint density at radius 1 is 1.26 bits per heavy atom. The SMILES string of the molecule is CCCCN(C(=O)c1ccc(C)c(F)c1)c1c(N)n(CCC)c(=O)[nH]c1=O. The van der Waals surface area contributed by atoms with Gasteiger partial charge in [-0.3, -0.25) is 19.1 Å². The standard InChI is InChI=1S/C19H25FN4O3/c1-4-6-10-23(18(26)13-8-7-12(3)14(20)11-13)15-16(21)24(9-5-2)19(27)22-17(15)25/h7-8,11H,4-6,9-10,21H2,1-3H3,(H,22,25,27). The third-order valence-corrected chi connectivity index (χ3v) is 4.33. The van der Waals surface area contributed by atoms with Crippen LogP contribution >= 0.6 is 0 Å². The highest BCUT2D eigenvalue weighted by Crippen LogP contribution is 2.21. The summed E-state index contributed by atoms with van der Waals surface area (Å²) in [7, 11) is 0. The minimum atomic E-state index is -0.734. The van der Waals surface area contributed by atoms with E-state index in [1.165, 1.54) is 21.6 Å². The monoisotopic (exact) mass is 376 g/mol. The highest BCUT2D eigenvalue weighted by Gasteiger charge is 2.25. The number of aromatic amines is 1. The first-order valence-corrected chi connectivity index (χ1v) is 9.02. The zero-order chi connectivity index (χ0) is 20.1. The van der Waals surface area contributed by atoms with Crippen LogP contribution in [0.4, 0.5) is 15.9 Å². The number of carbonyl (C=O) groups excluding carboxylic acids is 1. The zero-order valence-corrected chi connectivity index (χ0v) is 15.8. The first-order valence-electron chi connectivity index (χ1n) is 9.02. The van der Waals surface area contributed by atoms with Crippen LogP contribution in [0.3, 0.4) is 0 Å². The van der Waals surface area contributed by atoms with E-state index >= 15 is 0 Å². The Morgan fingerprint density at radius 3 is 2.56 bits per heavy atom. The first kappa shape index (κ1) is 20.4. The molecule has 0 saturated heterocycles. The number of aromatic nitrogens is 2. The number of nitrogens with zero attached hydrogens (tertiary/aromatic N) is 2. The number of benzene rings is 1. The molecule has 27 heavy (non-hydrogen) atoms. The average molecular weight is 376 g/mol. The topological polar surface area (TPSA) is 101 Å². The predicted molar refractivity (Wildman–Crippen MR) is 104 cm³/mol. The summed E-state index contributed by atoms with van der Waals surface area (Å²) in [5.74, 6) is -1.11. The van der Waals surface area contributed by atoms with Crippen molar-refractivity contribution >= 4 is 17.4 Å². The van der Waals surface area contributed by atoms with Crippen LogP contribution in [0.2, 0.25) is 0 Å². The maximum Gasteiger partial charge on any atom is 0.330 e.